The van der Waals surface area contributed by atoms with Crippen molar-refractivity contribution in [2.24, 2.45) is 34.0 Å². The molecule has 3 saturated carbocycles. The fourth-order valence-corrected chi connectivity index (χ4v) is 6.37. The van der Waals surface area contributed by atoms with E-state index < -0.39 is 23.0 Å². The maximum atomic E-state index is 12.8. The van der Waals surface area contributed by atoms with Gasteiger partial charge in [-0.05, 0) is 42.9 Å². The van der Waals surface area contributed by atoms with Gasteiger partial charge in [0.1, 0.15) is 5.78 Å². The van der Waals surface area contributed by atoms with Crippen LogP contribution in [0.15, 0.2) is 12.7 Å². The van der Waals surface area contributed by atoms with Crippen molar-refractivity contribution in [3.63, 3.8) is 0 Å². The van der Waals surface area contributed by atoms with Gasteiger partial charge in [0.05, 0.1) is 12.2 Å². The average molecular weight is 320 g/mol. The van der Waals surface area contributed by atoms with Gasteiger partial charge in [0.25, 0.3) is 0 Å². The van der Waals surface area contributed by atoms with Gasteiger partial charge in [-0.1, -0.05) is 33.8 Å². The van der Waals surface area contributed by atoms with E-state index in [0.29, 0.717) is 24.5 Å². The third-order valence-electron chi connectivity index (χ3n) is 8.33. The van der Waals surface area contributed by atoms with Crippen molar-refractivity contribution >= 4 is 5.78 Å². The molecule has 3 aliphatic rings. The fourth-order valence-electron chi connectivity index (χ4n) is 6.37. The molecule has 3 nitrogen and oxygen atoms in total. The summed E-state index contributed by atoms with van der Waals surface area (Å²) in [7, 11) is 0. The summed E-state index contributed by atoms with van der Waals surface area (Å²) in [6.45, 7) is 12.4. The first-order chi connectivity index (χ1) is 10.6. The molecule has 3 heteroatoms. The van der Waals surface area contributed by atoms with Gasteiger partial charge >= 0.3 is 0 Å². The Morgan fingerprint density at radius 1 is 1.22 bits per heavy atom. The Morgan fingerprint density at radius 3 is 2.48 bits per heavy atom. The van der Waals surface area contributed by atoms with Crippen molar-refractivity contribution in [2.45, 2.75) is 72.0 Å². The third-order valence-corrected chi connectivity index (χ3v) is 8.33. The van der Waals surface area contributed by atoms with Gasteiger partial charge in [-0.3, -0.25) is 4.79 Å². The molecule has 2 bridgehead atoms. The molecule has 3 rings (SSSR count). The van der Waals surface area contributed by atoms with Crippen LogP contribution < -0.4 is 0 Å². The predicted octanol–water partition coefficient (Wildman–Crippen LogP) is 3.34. The molecule has 2 N–H and O–H groups in total. The number of ketones is 1. The Kier molecular flexibility index (Phi) is 3.85. The number of hydrogen-bond donors (Lipinski definition) is 2. The van der Waals surface area contributed by atoms with Gasteiger partial charge in [-0.2, -0.15) is 0 Å². The maximum absolute atomic E-state index is 12.8. The quantitative estimate of drug-likeness (QED) is 0.729. The second-order valence-electron chi connectivity index (χ2n) is 9.10. The summed E-state index contributed by atoms with van der Waals surface area (Å²) >= 11 is 0. The zero-order valence-electron chi connectivity index (χ0n) is 15.0. The summed E-state index contributed by atoms with van der Waals surface area (Å²) in [6, 6.07) is 0. The van der Waals surface area contributed by atoms with Crippen molar-refractivity contribution in [1.82, 2.24) is 0 Å². The number of Topliss-reactive ketones (excluding diaryl/α,β-unsaturated/α-hetero) is 1. The smallest absolute Gasteiger partial charge is 0.137 e. The minimum atomic E-state index is -0.589. The first kappa shape index (κ1) is 17.2. The van der Waals surface area contributed by atoms with E-state index in [1.54, 1.807) is 0 Å². The molecule has 0 unspecified atom stereocenters. The molecule has 0 heterocycles. The minimum absolute atomic E-state index is 0.0428. The predicted molar refractivity (Wildman–Crippen MR) is 90.8 cm³/mol. The lowest BCUT2D eigenvalue weighted by molar-refractivity contribution is -0.191. The zero-order chi connectivity index (χ0) is 17.2. The highest BCUT2D eigenvalue weighted by molar-refractivity contribution is 5.85. The van der Waals surface area contributed by atoms with Crippen molar-refractivity contribution in [2.75, 3.05) is 0 Å². The molecule has 3 fully saturated rings. The lowest BCUT2D eigenvalue weighted by atomic mass is 9.44. The van der Waals surface area contributed by atoms with Gasteiger partial charge in [-0.15, -0.1) is 6.58 Å². The summed E-state index contributed by atoms with van der Waals surface area (Å²) < 4.78 is 0. The summed E-state index contributed by atoms with van der Waals surface area (Å²) in [4.78, 5) is 12.8. The van der Waals surface area contributed by atoms with Crippen LogP contribution in [0.25, 0.3) is 0 Å². The van der Waals surface area contributed by atoms with Gasteiger partial charge in [-0.25, -0.2) is 0 Å². The highest BCUT2D eigenvalue weighted by Gasteiger charge is 2.67. The summed E-state index contributed by atoms with van der Waals surface area (Å²) in [5, 5.41) is 22.3. The standard InChI is InChI=1S/C20H32O3/c1-6-18(4)11-15(22)19(5)12(2)7-9-20(13(3)17(18)23)10-8-14(21)16(19)20/h6,12-13,15-17,22-23H,1,7-11H2,2-5H3/t12-,13+,15-,16+,17+,18-,19+,20-/m1/s1. The lowest BCUT2D eigenvalue weighted by Gasteiger charge is -2.61. The van der Waals surface area contributed by atoms with Gasteiger partial charge in [0, 0.05) is 23.2 Å². The summed E-state index contributed by atoms with van der Waals surface area (Å²) in [5.41, 5.74) is -1.07. The van der Waals surface area contributed by atoms with E-state index in [-0.39, 0.29) is 17.3 Å². The van der Waals surface area contributed by atoms with Crippen molar-refractivity contribution in [3.8, 4) is 0 Å². The zero-order valence-corrected chi connectivity index (χ0v) is 15.0. The van der Waals surface area contributed by atoms with E-state index in [1.165, 1.54) is 0 Å². The SMILES string of the molecule is C=C[C@]1(C)C[C@@H](O)[C@]2(C)[C@H](C)CC[C@@]3(CCC(=O)[C@H]32)[C@@H](C)[C@@H]1O. The molecule has 8 atom stereocenters. The lowest BCUT2D eigenvalue weighted by Crippen LogP contribution is -2.62. The molecular formula is C20H32O3. The van der Waals surface area contributed by atoms with E-state index in [4.69, 9.17) is 0 Å². The Balaban J connectivity index is 2.21. The number of aliphatic hydroxyl groups excluding tert-OH is 2. The maximum Gasteiger partial charge on any atom is 0.137 e. The van der Waals surface area contributed by atoms with E-state index in [9.17, 15) is 15.0 Å². The molecule has 23 heavy (non-hydrogen) atoms. The largest absolute Gasteiger partial charge is 0.392 e. The van der Waals surface area contributed by atoms with Crippen LogP contribution in [-0.4, -0.2) is 28.2 Å². The highest BCUT2D eigenvalue weighted by Crippen LogP contribution is 2.67. The molecule has 0 aliphatic heterocycles. The van der Waals surface area contributed by atoms with Crippen LogP contribution in [0.5, 0.6) is 0 Å². The van der Waals surface area contributed by atoms with Gasteiger partial charge < -0.3 is 10.2 Å². The first-order valence-electron chi connectivity index (χ1n) is 9.16. The van der Waals surface area contributed by atoms with Gasteiger partial charge in [0.2, 0.25) is 0 Å². The number of carbonyl (C=O) groups excluding carboxylic acids is 1. The number of hydrogen-bond acceptors (Lipinski definition) is 3. The topological polar surface area (TPSA) is 57.5 Å². The van der Waals surface area contributed by atoms with Crippen molar-refractivity contribution in [3.05, 3.63) is 12.7 Å². The molecule has 0 aromatic rings. The fraction of sp³-hybridized carbons (Fsp3) is 0.850. The van der Waals surface area contributed by atoms with Crippen molar-refractivity contribution < 1.29 is 15.0 Å². The van der Waals surface area contributed by atoms with Crippen LogP contribution in [-0.2, 0) is 4.79 Å². The van der Waals surface area contributed by atoms with Gasteiger partial charge in [0.15, 0.2) is 0 Å². The van der Waals surface area contributed by atoms with E-state index in [2.05, 4.69) is 27.4 Å². The second kappa shape index (κ2) is 5.16. The van der Waals surface area contributed by atoms with Crippen LogP contribution in [0.3, 0.4) is 0 Å². The van der Waals surface area contributed by atoms with Crippen LogP contribution in [0.4, 0.5) is 0 Å². The highest BCUT2D eigenvalue weighted by atomic mass is 16.3. The Bertz CT molecular complexity index is 529. The molecular weight excluding hydrogens is 288 g/mol. The monoisotopic (exact) mass is 320 g/mol. The van der Waals surface area contributed by atoms with E-state index in [0.717, 1.165) is 19.3 Å². The second-order valence-corrected chi connectivity index (χ2v) is 9.10. The molecule has 0 amide bonds. The average Bonchev–Trinajstić information content (AvgIpc) is 2.87. The molecule has 0 aromatic heterocycles. The minimum Gasteiger partial charge on any atom is -0.392 e. The molecule has 0 aromatic carbocycles. The Labute approximate surface area is 140 Å². The third kappa shape index (κ3) is 1.99. The molecule has 0 radical (unpaired) electrons. The Hall–Kier alpha value is -0.670. The Morgan fingerprint density at radius 2 is 1.87 bits per heavy atom. The summed E-state index contributed by atoms with van der Waals surface area (Å²) in [5.74, 6) is 0.544. The van der Waals surface area contributed by atoms with Crippen LogP contribution in [0.1, 0.15) is 59.8 Å². The van der Waals surface area contributed by atoms with E-state index in [1.807, 2.05) is 13.0 Å². The van der Waals surface area contributed by atoms with Crippen LogP contribution in [0, 0.1) is 34.0 Å². The summed E-state index contributed by atoms with van der Waals surface area (Å²) in [6.07, 6.45) is 4.60. The molecule has 3 aliphatic carbocycles. The van der Waals surface area contributed by atoms with Crippen LogP contribution in [0.2, 0.25) is 0 Å². The molecule has 130 valence electrons. The number of carbonyl (C=O) groups is 1. The first-order valence-corrected chi connectivity index (χ1v) is 9.16. The normalized spacial score (nSPS) is 56.6. The van der Waals surface area contributed by atoms with E-state index >= 15 is 0 Å². The molecule has 0 spiro atoms. The number of rotatable bonds is 1. The van der Waals surface area contributed by atoms with Crippen LogP contribution >= 0.6 is 0 Å². The number of aliphatic hydroxyl groups is 2. The van der Waals surface area contributed by atoms with Crippen molar-refractivity contribution in [1.29, 1.82) is 0 Å². The molecule has 0 saturated heterocycles.